The third-order valence-electron chi connectivity index (χ3n) is 5.70. The van der Waals surface area contributed by atoms with Crippen LogP contribution < -0.4 is 19.7 Å². The van der Waals surface area contributed by atoms with Gasteiger partial charge >= 0.3 is 0 Å². The van der Waals surface area contributed by atoms with E-state index in [1.54, 1.807) is 28.0 Å². The minimum Gasteiger partial charge on any atom is -0.493 e. The van der Waals surface area contributed by atoms with Gasteiger partial charge in [0.1, 0.15) is 5.70 Å². The topological polar surface area (TPSA) is 71.1 Å². The number of ether oxygens (including phenoxy) is 2. The quantitative estimate of drug-likeness (QED) is 0.269. The predicted octanol–water partition coefficient (Wildman–Crippen LogP) is 5.78. The number of thiocarbonyl (C=S) groups is 1. The molecular formula is C28H26BrN3O4S. The van der Waals surface area contributed by atoms with Crippen molar-refractivity contribution in [3.63, 3.8) is 0 Å². The zero-order chi connectivity index (χ0) is 26.5. The Balaban J connectivity index is 1.58. The summed E-state index contributed by atoms with van der Waals surface area (Å²) in [6, 6.07) is 20.6. The fourth-order valence-corrected chi connectivity index (χ4v) is 4.86. The number of likely N-dealkylation sites (N-methyl/N-ethyl adjacent to an activating group) is 1. The molecule has 0 spiro atoms. The highest BCUT2D eigenvalue weighted by Gasteiger charge is 2.38. The number of halogens is 1. The lowest BCUT2D eigenvalue weighted by molar-refractivity contribution is -0.122. The summed E-state index contributed by atoms with van der Waals surface area (Å²) in [6.45, 7) is 4.12. The average molecular weight is 581 g/mol. The zero-order valence-corrected chi connectivity index (χ0v) is 23.1. The van der Waals surface area contributed by atoms with Gasteiger partial charge in [-0.2, -0.15) is 0 Å². The smallest absolute Gasteiger partial charge is 0.277 e. The molecule has 1 saturated heterocycles. The van der Waals surface area contributed by atoms with Crippen LogP contribution in [0.1, 0.15) is 18.1 Å². The largest absolute Gasteiger partial charge is 0.493 e. The molecule has 7 nitrogen and oxygen atoms in total. The summed E-state index contributed by atoms with van der Waals surface area (Å²) >= 11 is 9.14. The van der Waals surface area contributed by atoms with Crippen LogP contribution in [0.15, 0.2) is 76.9 Å². The van der Waals surface area contributed by atoms with E-state index in [-0.39, 0.29) is 18.4 Å². The number of para-hydroxylation sites is 1. The summed E-state index contributed by atoms with van der Waals surface area (Å²) < 4.78 is 11.9. The van der Waals surface area contributed by atoms with Gasteiger partial charge in [-0.25, -0.2) is 0 Å². The number of anilines is 2. The standard InChI is InChI=1S/C28H26BrN3O4S/c1-4-31-27(34)23(32(28(31)37)21-8-6-5-7-9-21)15-19-14-22(29)26(24(16-19)35-3)36-17-25(33)30-20-12-10-18(2)11-13-20/h5-16H,4,17H2,1-3H3,(H,30,33). The maximum Gasteiger partial charge on any atom is 0.277 e. The second-order valence-corrected chi connectivity index (χ2v) is 9.49. The van der Waals surface area contributed by atoms with Crippen LogP contribution in [0, 0.1) is 6.92 Å². The van der Waals surface area contributed by atoms with Crippen LogP contribution in [0.2, 0.25) is 0 Å². The molecule has 0 bridgehead atoms. The van der Waals surface area contributed by atoms with E-state index < -0.39 is 0 Å². The first-order chi connectivity index (χ1) is 17.8. The maximum absolute atomic E-state index is 13.2. The summed E-state index contributed by atoms with van der Waals surface area (Å²) in [5.74, 6) is 0.315. The Labute approximate surface area is 229 Å². The molecule has 0 aliphatic carbocycles. The van der Waals surface area contributed by atoms with Crippen LogP contribution in [0.4, 0.5) is 11.4 Å². The summed E-state index contributed by atoms with van der Waals surface area (Å²) in [7, 11) is 1.52. The number of nitrogens with zero attached hydrogens (tertiary/aromatic N) is 2. The molecule has 0 atom stereocenters. The Kier molecular flexibility index (Phi) is 8.25. The summed E-state index contributed by atoms with van der Waals surface area (Å²) in [5.41, 5.74) is 3.72. The summed E-state index contributed by atoms with van der Waals surface area (Å²) in [4.78, 5) is 28.9. The van der Waals surface area contributed by atoms with Crippen molar-refractivity contribution in [2.75, 3.05) is 30.5 Å². The Bertz CT molecular complexity index is 1360. The third-order valence-corrected chi connectivity index (χ3v) is 6.69. The van der Waals surface area contributed by atoms with Gasteiger partial charge in [-0.05, 0) is 90.0 Å². The number of carbonyl (C=O) groups is 2. The molecule has 0 unspecified atom stereocenters. The molecular weight excluding hydrogens is 554 g/mol. The van der Waals surface area contributed by atoms with Gasteiger partial charge in [0.05, 0.1) is 11.6 Å². The van der Waals surface area contributed by atoms with Crippen LogP contribution in [0.25, 0.3) is 6.08 Å². The van der Waals surface area contributed by atoms with Crippen LogP contribution in [0.3, 0.4) is 0 Å². The minimum absolute atomic E-state index is 0.181. The van der Waals surface area contributed by atoms with E-state index >= 15 is 0 Å². The van der Waals surface area contributed by atoms with E-state index in [1.807, 2.05) is 68.4 Å². The number of nitrogens with one attached hydrogen (secondary N) is 1. The number of hydrogen-bond donors (Lipinski definition) is 1. The van der Waals surface area contributed by atoms with Crippen LogP contribution in [-0.2, 0) is 9.59 Å². The van der Waals surface area contributed by atoms with Gasteiger partial charge in [-0.1, -0.05) is 35.9 Å². The Morgan fingerprint density at radius 1 is 1.11 bits per heavy atom. The van der Waals surface area contributed by atoms with Crippen molar-refractivity contribution < 1.29 is 19.1 Å². The first kappa shape index (κ1) is 26.4. The maximum atomic E-state index is 13.2. The fourth-order valence-electron chi connectivity index (χ4n) is 3.87. The summed E-state index contributed by atoms with van der Waals surface area (Å²) in [5, 5.41) is 3.23. The van der Waals surface area contributed by atoms with Gasteiger partial charge < -0.3 is 14.8 Å². The highest BCUT2D eigenvalue weighted by Crippen LogP contribution is 2.38. The van der Waals surface area contributed by atoms with E-state index in [9.17, 15) is 9.59 Å². The van der Waals surface area contributed by atoms with Crippen LogP contribution >= 0.6 is 28.1 Å². The van der Waals surface area contributed by atoms with E-state index in [1.165, 1.54) is 7.11 Å². The van der Waals surface area contributed by atoms with Gasteiger partial charge in [0.15, 0.2) is 23.2 Å². The fraction of sp³-hybridized carbons (Fsp3) is 0.179. The second kappa shape index (κ2) is 11.6. The van der Waals surface area contributed by atoms with Crippen molar-refractivity contribution in [3.05, 3.63) is 88.0 Å². The van der Waals surface area contributed by atoms with Gasteiger partial charge in [-0.3, -0.25) is 19.4 Å². The first-order valence-corrected chi connectivity index (χ1v) is 12.8. The minimum atomic E-state index is -0.299. The highest BCUT2D eigenvalue weighted by molar-refractivity contribution is 9.10. The van der Waals surface area contributed by atoms with Crippen molar-refractivity contribution in [1.82, 2.24) is 4.90 Å². The monoisotopic (exact) mass is 579 g/mol. The Morgan fingerprint density at radius 3 is 2.46 bits per heavy atom. The molecule has 1 aliphatic heterocycles. The van der Waals surface area contributed by atoms with Gasteiger partial charge in [0.25, 0.3) is 11.8 Å². The number of hydrogen-bond acceptors (Lipinski definition) is 5. The van der Waals surface area contributed by atoms with Crippen molar-refractivity contribution in [2.45, 2.75) is 13.8 Å². The lowest BCUT2D eigenvalue weighted by atomic mass is 10.1. The number of amides is 2. The van der Waals surface area contributed by atoms with E-state index in [4.69, 9.17) is 21.7 Å². The molecule has 0 saturated carbocycles. The second-order valence-electron chi connectivity index (χ2n) is 8.27. The molecule has 1 heterocycles. The Hall–Kier alpha value is -3.69. The van der Waals surface area contributed by atoms with Crippen molar-refractivity contribution in [2.24, 2.45) is 0 Å². The molecule has 1 N–H and O–H groups in total. The van der Waals surface area contributed by atoms with E-state index in [2.05, 4.69) is 21.2 Å². The van der Waals surface area contributed by atoms with Gasteiger partial charge in [0, 0.05) is 17.9 Å². The van der Waals surface area contributed by atoms with Crippen molar-refractivity contribution >= 4 is 62.5 Å². The molecule has 3 aromatic rings. The number of rotatable bonds is 8. The average Bonchev–Trinajstić information content (AvgIpc) is 3.13. The summed E-state index contributed by atoms with van der Waals surface area (Å²) in [6.07, 6.45) is 1.76. The molecule has 9 heteroatoms. The predicted molar refractivity (Wildman–Crippen MR) is 153 cm³/mol. The molecule has 0 radical (unpaired) electrons. The van der Waals surface area contributed by atoms with E-state index in [0.717, 1.165) is 11.3 Å². The lowest BCUT2D eigenvalue weighted by Gasteiger charge is -2.19. The van der Waals surface area contributed by atoms with Crippen LogP contribution in [-0.4, -0.2) is 42.1 Å². The molecule has 0 aromatic heterocycles. The first-order valence-electron chi connectivity index (χ1n) is 11.6. The molecule has 1 aliphatic rings. The molecule has 4 rings (SSSR count). The molecule has 1 fully saturated rings. The normalized spacial score (nSPS) is 14.3. The van der Waals surface area contributed by atoms with Crippen molar-refractivity contribution in [3.8, 4) is 11.5 Å². The number of methoxy groups -OCH3 is 1. The molecule has 3 aromatic carbocycles. The van der Waals surface area contributed by atoms with E-state index in [0.29, 0.717) is 44.6 Å². The number of carbonyl (C=O) groups excluding carboxylic acids is 2. The van der Waals surface area contributed by atoms with Crippen molar-refractivity contribution in [1.29, 1.82) is 0 Å². The molecule has 37 heavy (non-hydrogen) atoms. The van der Waals surface area contributed by atoms with Crippen LogP contribution in [0.5, 0.6) is 11.5 Å². The lowest BCUT2D eigenvalue weighted by Crippen LogP contribution is -2.32. The van der Waals surface area contributed by atoms with Gasteiger partial charge in [-0.15, -0.1) is 0 Å². The molecule has 190 valence electrons. The zero-order valence-electron chi connectivity index (χ0n) is 20.7. The number of aryl methyl sites for hydroxylation is 1. The highest BCUT2D eigenvalue weighted by atomic mass is 79.9. The number of benzene rings is 3. The third kappa shape index (κ3) is 5.84. The van der Waals surface area contributed by atoms with Gasteiger partial charge in [0.2, 0.25) is 0 Å². The molecule has 2 amide bonds. The Morgan fingerprint density at radius 2 is 1.81 bits per heavy atom. The SMILES string of the molecule is CCN1C(=O)C(=Cc2cc(Br)c(OCC(=O)Nc3ccc(C)cc3)c(OC)c2)N(c2ccccc2)C1=S.